The Morgan fingerprint density at radius 1 is 1.28 bits per heavy atom. The highest BCUT2D eigenvalue weighted by molar-refractivity contribution is 5.94. The van der Waals surface area contributed by atoms with Crippen molar-refractivity contribution in [2.75, 3.05) is 18.0 Å². The standard InChI is InChI=1S/C21H21F2N3O3/c22-14-6-17(14)26-9-13(21(28)29)20(27)11-4-5-16(18(23)19(11)26)25-7-10-2-1-3-15(24)12(10)8-25/h1,3-5,9-10,12,14-15,17H,2,6-8,24H2,(H,28,29)/t10?,12?,14-,15?,17+/m0/s1. The van der Waals surface area contributed by atoms with Gasteiger partial charge in [-0.2, -0.15) is 0 Å². The fourth-order valence-corrected chi connectivity index (χ4v) is 4.83. The number of nitrogens with two attached hydrogens (primary N) is 1. The van der Waals surface area contributed by atoms with Crippen molar-refractivity contribution in [1.29, 1.82) is 0 Å². The van der Waals surface area contributed by atoms with Gasteiger partial charge in [0.25, 0.3) is 0 Å². The van der Waals surface area contributed by atoms with Crippen molar-refractivity contribution < 1.29 is 18.7 Å². The number of aromatic nitrogens is 1. The largest absolute Gasteiger partial charge is 0.477 e. The predicted molar refractivity (Wildman–Crippen MR) is 105 cm³/mol. The summed E-state index contributed by atoms with van der Waals surface area (Å²) in [5.41, 5.74) is 5.27. The third kappa shape index (κ3) is 2.77. The van der Waals surface area contributed by atoms with Crippen LogP contribution in [0, 0.1) is 17.7 Å². The lowest BCUT2D eigenvalue weighted by molar-refractivity contribution is 0.0694. The van der Waals surface area contributed by atoms with E-state index >= 15 is 4.39 Å². The molecule has 1 aromatic carbocycles. The van der Waals surface area contributed by atoms with Crippen LogP contribution in [-0.4, -0.2) is 40.9 Å². The summed E-state index contributed by atoms with van der Waals surface area (Å²) in [6.07, 6.45) is 5.02. The molecule has 0 bridgehead atoms. The number of carboxylic acid groups (broad SMARTS) is 1. The van der Waals surface area contributed by atoms with Crippen molar-refractivity contribution in [2.24, 2.45) is 17.6 Å². The maximum Gasteiger partial charge on any atom is 0.341 e. The number of anilines is 1. The molecule has 152 valence electrons. The number of halogens is 2. The van der Waals surface area contributed by atoms with E-state index in [1.54, 1.807) is 0 Å². The van der Waals surface area contributed by atoms with Crippen molar-refractivity contribution >= 4 is 22.6 Å². The van der Waals surface area contributed by atoms with E-state index in [2.05, 4.69) is 6.08 Å². The highest BCUT2D eigenvalue weighted by Crippen LogP contribution is 2.42. The van der Waals surface area contributed by atoms with Crippen LogP contribution < -0.4 is 16.1 Å². The van der Waals surface area contributed by atoms with Crippen LogP contribution >= 0.6 is 0 Å². The number of carbonyl (C=O) groups is 1. The number of carboxylic acids is 1. The molecule has 2 aliphatic carbocycles. The Morgan fingerprint density at radius 3 is 2.69 bits per heavy atom. The molecule has 29 heavy (non-hydrogen) atoms. The molecule has 2 heterocycles. The Labute approximate surface area is 165 Å². The molecule has 3 unspecified atom stereocenters. The molecule has 1 saturated heterocycles. The van der Waals surface area contributed by atoms with Crippen LogP contribution in [0.1, 0.15) is 29.2 Å². The summed E-state index contributed by atoms with van der Waals surface area (Å²) in [5.74, 6) is -1.46. The molecule has 2 fully saturated rings. The Balaban J connectivity index is 1.64. The van der Waals surface area contributed by atoms with Crippen molar-refractivity contribution in [3.05, 3.63) is 52.1 Å². The first-order valence-corrected chi connectivity index (χ1v) is 9.78. The summed E-state index contributed by atoms with van der Waals surface area (Å²) in [5, 5.41) is 9.29. The zero-order valence-corrected chi connectivity index (χ0v) is 15.6. The molecule has 1 aromatic heterocycles. The first-order chi connectivity index (χ1) is 13.9. The van der Waals surface area contributed by atoms with E-state index in [9.17, 15) is 19.1 Å². The first kappa shape index (κ1) is 18.3. The van der Waals surface area contributed by atoms with Gasteiger partial charge in [0.1, 0.15) is 11.7 Å². The van der Waals surface area contributed by atoms with Gasteiger partial charge < -0.3 is 20.3 Å². The zero-order valence-electron chi connectivity index (χ0n) is 15.6. The van der Waals surface area contributed by atoms with Crippen molar-refractivity contribution in [3.8, 4) is 0 Å². The Morgan fingerprint density at radius 2 is 2.03 bits per heavy atom. The second-order valence-corrected chi connectivity index (χ2v) is 8.27. The van der Waals surface area contributed by atoms with E-state index in [0.29, 0.717) is 24.7 Å². The minimum Gasteiger partial charge on any atom is -0.477 e. The van der Waals surface area contributed by atoms with Gasteiger partial charge in [0, 0.05) is 37.1 Å². The van der Waals surface area contributed by atoms with Gasteiger partial charge in [-0.1, -0.05) is 12.2 Å². The summed E-state index contributed by atoms with van der Waals surface area (Å²) < 4.78 is 30.8. The van der Waals surface area contributed by atoms with Gasteiger partial charge in [-0.05, 0) is 30.4 Å². The van der Waals surface area contributed by atoms with Crippen molar-refractivity contribution in [2.45, 2.75) is 31.1 Å². The SMILES string of the molecule is NC1C=CCC2CN(c3ccc4c(=O)c(C(=O)O)cn([C@@H]5C[C@@H]5F)c4c3F)CC12. The number of rotatable bonds is 3. The summed E-state index contributed by atoms with van der Waals surface area (Å²) >= 11 is 0. The molecule has 0 amide bonds. The third-order valence-corrected chi connectivity index (χ3v) is 6.50. The van der Waals surface area contributed by atoms with E-state index < -0.39 is 35.0 Å². The van der Waals surface area contributed by atoms with Crippen LogP contribution in [0.3, 0.4) is 0 Å². The predicted octanol–water partition coefficient (Wildman–Crippen LogP) is 2.46. The number of pyridine rings is 1. The number of hydrogen-bond acceptors (Lipinski definition) is 4. The van der Waals surface area contributed by atoms with E-state index in [1.807, 2.05) is 11.0 Å². The normalized spacial score (nSPS) is 30.6. The van der Waals surface area contributed by atoms with Crippen LogP contribution in [0.5, 0.6) is 0 Å². The van der Waals surface area contributed by atoms with Crippen LogP contribution in [0.4, 0.5) is 14.5 Å². The topological polar surface area (TPSA) is 88.6 Å². The monoisotopic (exact) mass is 401 g/mol. The quantitative estimate of drug-likeness (QED) is 0.772. The number of benzene rings is 1. The van der Waals surface area contributed by atoms with Crippen LogP contribution in [0.2, 0.25) is 0 Å². The minimum absolute atomic E-state index is 0.0278. The molecule has 6 nitrogen and oxygen atoms in total. The maximum atomic E-state index is 15.7. The van der Waals surface area contributed by atoms with Gasteiger partial charge in [-0.3, -0.25) is 4.79 Å². The average Bonchev–Trinajstić information content (AvgIpc) is 3.23. The summed E-state index contributed by atoms with van der Waals surface area (Å²) in [6.45, 7) is 1.25. The number of alkyl halides is 1. The molecule has 3 aliphatic rings. The van der Waals surface area contributed by atoms with Crippen LogP contribution in [0.15, 0.2) is 35.3 Å². The van der Waals surface area contributed by atoms with E-state index in [-0.39, 0.29) is 29.3 Å². The highest BCUT2D eigenvalue weighted by Gasteiger charge is 2.42. The second-order valence-electron chi connectivity index (χ2n) is 8.27. The molecular weight excluding hydrogens is 380 g/mol. The fraction of sp³-hybridized carbons (Fsp3) is 0.429. The summed E-state index contributed by atoms with van der Waals surface area (Å²) in [4.78, 5) is 26.0. The minimum atomic E-state index is -1.41. The molecular formula is C21H21F2N3O3. The van der Waals surface area contributed by atoms with Gasteiger partial charge in [-0.15, -0.1) is 0 Å². The lowest BCUT2D eigenvalue weighted by Gasteiger charge is -2.25. The van der Waals surface area contributed by atoms with Crippen molar-refractivity contribution in [3.63, 3.8) is 0 Å². The first-order valence-electron chi connectivity index (χ1n) is 9.78. The lowest BCUT2D eigenvalue weighted by Crippen LogP contribution is -2.35. The molecule has 3 N–H and O–H groups in total. The smallest absolute Gasteiger partial charge is 0.341 e. The van der Waals surface area contributed by atoms with E-state index in [1.165, 1.54) is 16.7 Å². The zero-order chi connectivity index (χ0) is 20.4. The van der Waals surface area contributed by atoms with Crippen molar-refractivity contribution in [1.82, 2.24) is 4.57 Å². The molecule has 1 saturated carbocycles. The number of hydrogen-bond donors (Lipinski definition) is 2. The van der Waals surface area contributed by atoms with Gasteiger partial charge in [0.2, 0.25) is 5.43 Å². The lowest BCUT2D eigenvalue weighted by atomic mass is 9.83. The number of nitrogens with zero attached hydrogens (tertiary/aromatic N) is 2. The second kappa shape index (κ2) is 6.38. The molecule has 0 spiro atoms. The molecule has 8 heteroatoms. The van der Waals surface area contributed by atoms with Gasteiger partial charge in [-0.25, -0.2) is 13.6 Å². The van der Waals surface area contributed by atoms with Gasteiger partial charge >= 0.3 is 5.97 Å². The number of fused-ring (bicyclic) bond motifs is 2. The van der Waals surface area contributed by atoms with E-state index in [0.717, 1.165) is 12.6 Å². The van der Waals surface area contributed by atoms with E-state index in [4.69, 9.17) is 5.73 Å². The summed E-state index contributed by atoms with van der Waals surface area (Å²) in [7, 11) is 0. The Hall–Kier alpha value is -2.74. The number of allylic oxidation sites excluding steroid dienone is 1. The summed E-state index contributed by atoms with van der Waals surface area (Å²) in [6, 6.07) is 2.25. The van der Waals surface area contributed by atoms with Gasteiger partial charge in [0.05, 0.1) is 17.2 Å². The van der Waals surface area contributed by atoms with Crippen LogP contribution in [-0.2, 0) is 0 Å². The number of aromatic carboxylic acids is 1. The maximum absolute atomic E-state index is 15.7. The Bertz CT molecular complexity index is 1110. The Kier molecular flexibility index (Phi) is 4.03. The third-order valence-electron chi connectivity index (χ3n) is 6.50. The molecule has 5 rings (SSSR count). The van der Waals surface area contributed by atoms with Crippen LogP contribution in [0.25, 0.3) is 10.9 Å². The van der Waals surface area contributed by atoms with Gasteiger partial charge in [0.15, 0.2) is 5.82 Å². The molecule has 2 aromatic rings. The highest BCUT2D eigenvalue weighted by atomic mass is 19.1. The molecule has 0 radical (unpaired) electrons. The molecule has 1 aliphatic heterocycles. The molecule has 5 atom stereocenters. The average molecular weight is 401 g/mol. The fourth-order valence-electron chi connectivity index (χ4n) is 4.83.